The van der Waals surface area contributed by atoms with Crippen molar-refractivity contribution in [3.8, 4) is 0 Å². The molecule has 0 N–H and O–H groups in total. The van der Waals surface area contributed by atoms with Crippen molar-refractivity contribution in [1.82, 2.24) is 0 Å². The van der Waals surface area contributed by atoms with E-state index in [1.165, 1.54) is 20.9 Å². The molecule has 17 heavy (non-hydrogen) atoms. The number of rotatable bonds is 2. The zero-order chi connectivity index (χ0) is 12.5. The van der Waals surface area contributed by atoms with Gasteiger partial charge < -0.3 is 0 Å². The van der Waals surface area contributed by atoms with E-state index >= 15 is 0 Å². The highest BCUT2D eigenvalue weighted by atomic mass is 32.3. The molecule has 0 aliphatic heterocycles. The maximum atomic E-state index is 2.37. The van der Waals surface area contributed by atoms with Crippen molar-refractivity contribution in [2.24, 2.45) is 0 Å². The Bertz CT molecular complexity index is 512. The van der Waals surface area contributed by atoms with Crippen molar-refractivity contribution in [2.75, 3.05) is 12.5 Å². The van der Waals surface area contributed by atoms with Crippen LogP contribution in [0.15, 0.2) is 58.3 Å². The summed E-state index contributed by atoms with van der Waals surface area (Å²) in [7, 11) is -0.878. The van der Waals surface area contributed by atoms with E-state index in [0.717, 1.165) is 0 Å². The Balaban J connectivity index is 2.48. The van der Waals surface area contributed by atoms with Crippen LogP contribution in [0, 0.1) is 13.8 Å². The van der Waals surface area contributed by atoms with Gasteiger partial charge in [-0.25, -0.2) is 0 Å². The first kappa shape index (κ1) is 12.3. The number of hydrogen-bond donors (Lipinski definition) is 0. The van der Waals surface area contributed by atoms with Crippen molar-refractivity contribution in [2.45, 2.75) is 23.6 Å². The first-order valence-electron chi connectivity index (χ1n) is 5.87. The zero-order valence-electron chi connectivity index (χ0n) is 11.0. The summed E-state index contributed by atoms with van der Waals surface area (Å²) in [4.78, 5) is 2.91. The summed E-state index contributed by atoms with van der Waals surface area (Å²) >= 11 is 0. The summed E-state index contributed by atoms with van der Waals surface area (Å²) in [6, 6.07) is 17.7. The second kappa shape index (κ2) is 4.58. The Morgan fingerprint density at radius 3 is 1.94 bits per heavy atom. The molecule has 0 nitrogen and oxygen atoms in total. The maximum Gasteiger partial charge on any atom is -0.00613 e. The van der Waals surface area contributed by atoms with Gasteiger partial charge in [-0.15, -0.1) is 0 Å². The second-order valence-electron chi connectivity index (χ2n) is 4.89. The average molecular weight is 244 g/mol. The Kier molecular flexibility index (Phi) is 3.30. The molecule has 2 aromatic carbocycles. The van der Waals surface area contributed by atoms with Crippen LogP contribution in [0.3, 0.4) is 0 Å². The highest BCUT2D eigenvalue weighted by Gasteiger charge is 2.17. The van der Waals surface area contributed by atoms with Gasteiger partial charge in [0.05, 0.1) is 0 Å². The van der Waals surface area contributed by atoms with Crippen molar-refractivity contribution in [3.63, 3.8) is 0 Å². The summed E-state index contributed by atoms with van der Waals surface area (Å²) in [6.07, 6.45) is 4.74. The van der Waals surface area contributed by atoms with Crippen molar-refractivity contribution < 1.29 is 0 Å². The highest BCUT2D eigenvalue weighted by Crippen LogP contribution is 2.56. The molecule has 0 aliphatic carbocycles. The van der Waals surface area contributed by atoms with Gasteiger partial charge in [-0.3, -0.25) is 0 Å². The SMILES string of the molecule is Cc1ccc(S(C)(C)c2ccccc2)cc1C. The van der Waals surface area contributed by atoms with E-state index in [4.69, 9.17) is 0 Å². The lowest BCUT2D eigenvalue weighted by Gasteiger charge is -2.32. The normalized spacial score (nSPS) is 12.5. The number of aryl methyl sites for hydroxylation is 2. The zero-order valence-corrected chi connectivity index (χ0v) is 11.8. The largest absolute Gasteiger partial charge is 0.194 e. The Morgan fingerprint density at radius 1 is 0.706 bits per heavy atom. The molecule has 0 aliphatic rings. The van der Waals surface area contributed by atoms with Crippen LogP contribution in [0.5, 0.6) is 0 Å². The minimum atomic E-state index is -0.878. The van der Waals surface area contributed by atoms with E-state index in [-0.39, 0.29) is 0 Å². The topological polar surface area (TPSA) is 0 Å². The van der Waals surface area contributed by atoms with Gasteiger partial charge in [-0.05, 0) is 71.5 Å². The van der Waals surface area contributed by atoms with E-state index in [9.17, 15) is 0 Å². The van der Waals surface area contributed by atoms with Crippen LogP contribution in [0.25, 0.3) is 0 Å². The van der Waals surface area contributed by atoms with Gasteiger partial charge in [0.1, 0.15) is 0 Å². The van der Waals surface area contributed by atoms with Crippen molar-refractivity contribution in [3.05, 3.63) is 59.7 Å². The molecule has 0 radical (unpaired) electrons. The summed E-state index contributed by atoms with van der Waals surface area (Å²) in [6.45, 7) is 4.36. The lowest BCUT2D eigenvalue weighted by atomic mass is 10.1. The molecule has 1 heteroatoms. The minimum absolute atomic E-state index is 0.878. The quantitative estimate of drug-likeness (QED) is 0.713. The molecule has 2 aromatic rings. The Morgan fingerprint density at radius 2 is 1.35 bits per heavy atom. The summed E-state index contributed by atoms with van der Waals surface area (Å²) in [5.41, 5.74) is 2.76. The van der Waals surface area contributed by atoms with Crippen LogP contribution >= 0.6 is 10.0 Å². The molecule has 0 saturated carbocycles. The van der Waals surface area contributed by atoms with Gasteiger partial charge in [-0.2, -0.15) is 10.0 Å². The smallest absolute Gasteiger partial charge is 0.00613 e. The molecule has 2 rings (SSSR count). The molecule has 0 saturated heterocycles. The van der Waals surface area contributed by atoms with Gasteiger partial charge in [0, 0.05) is 0 Å². The van der Waals surface area contributed by atoms with Crippen LogP contribution in [0.4, 0.5) is 0 Å². The van der Waals surface area contributed by atoms with E-state index in [2.05, 4.69) is 74.9 Å². The molecule has 90 valence electrons. The molecule has 0 aromatic heterocycles. The van der Waals surface area contributed by atoms with Crippen molar-refractivity contribution >= 4 is 10.0 Å². The van der Waals surface area contributed by atoms with E-state index in [0.29, 0.717) is 0 Å². The van der Waals surface area contributed by atoms with Gasteiger partial charge >= 0.3 is 0 Å². The van der Waals surface area contributed by atoms with Crippen LogP contribution in [-0.2, 0) is 0 Å². The first-order valence-corrected chi connectivity index (χ1v) is 8.32. The Hall–Kier alpha value is -1.21. The lowest BCUT2D eigenvalue weighted by Crippen LogP contribution is -1.98. The Labute approximate surface area is 106 Å². The monoisotopic (exact) mass is 244 g/mol. The predicted octanol–water partition coefficient (Wildman–Crippen LogP) is 4.79. The molecule has 0 amide bonds. The molecular weight excluding hydrogens is 224 g/mol. The third-order valence-corrected chi connectivity index (χ3v) is 6.28. The van der Waals surface area contributed by atoms with Gasteiger partial charge in [0.2, 0.25) is 0 Å². The first-order chi connectivity index (χ1) is 8.01. The van der Waals surface area contributed by atoms with E-state index in [1.807, 2.05) is 0 Å². The third kappa shape index (κ3) is 2.39. The number of benzene rings is 2. The van der Waals surface area contributed by atoms with Crippen LogP contribution in [0.1, 0.15) is 11.1 Å². The standard InChI is InChI=1S/C16H20S/c1-13-10-11-16(12-14(13)2)17(3,4)15-8-6-5-7-9-15/h5-12H,1-4H3. The number of hydrogen-bond acceptors (Lipinski definition) is 0. The summed E-state index contributed by atoms with van der Waals surface area (Å²) in [5.74, 6) is 0. The minimum Gasteiger partial charge on any atom is -0.194 e. The average Bonchev–Trinajstić information content (AvgIpc) is 2.33. The molecular formula is C16H20S. The van der Waals surface area contributed by atoms with E-state index < -0.39 is 10.0 Å². The van der Waals surface area contributed by atoms with Gasteiger partial charge in [-0.1, -0.05) is 24.3 Å². The molecule has 0 atom stereocenters. The molecule has 0 fully saturated rings. The second-order valence-corrected chi connectivity index (χ2v) is 8.48. The highest BCUT2D eigenvalue weighted by molar-refractivity contribution is 8.32. The molecule has 0 heterocycles. The molecule has 0 spiro atoms. The molecule has 0 unspecified atom stereocenters. The van der Waals surface area contributed by atoms with Crippen molar-refractivity contribution in [1.29, 1.82) is 0 Å². The maximum absolute atomic E-state index is 2.37. The predicted molar refractivity (Wildman–Crippen MR) is 78.3 cm³/mol. The van der Waals surface area contributed by atoms with Gasteiger partial charge in [0.25, 0.3) is 0 Å². The summed E-state index contributed by atoms with van der Waals surface area (Å²) in [5, 5.41) is 0. The fraction of sp³-hybridized carbons (Fsp3) is 0.250. The fourth-order valence-electron chi connectivity index (χ4n) is 1.93. The summed E-state index contributed by atoms with van der Waals surface area (Å²) < 4.78 is 0. The molecule has 0 bridgehead atoms. The van der Waals surface area contributed by atoms with Crippen LogP contribution in [-0.4, -0.2) is 12.5 Å². The van der Waals surface area contributed by atoms with Crippen LogP contribution in [0.2, 0.25) is 0 Å². The fourth-order valence-corrected chi connectivity index (χ4v) is 3.92. The van der Waals surface area contributed by atoms with Gasteiger partial charge in [0.15, 0.2) is 0 Å². The van der Waals surface area contributed by atoms with E-state index in [1.54, 1.807) is 0 Å². The lowest BCUT2D eigenvalue weighted by molar-refractivity contribution is 1.26. The third-order valence-electron chi connectivity index (χ3n) is 3.40. The van der Waals surface area contributed by atoms with Crippen LogP contribution < -0.4 is 0 Å².